The van der Waals surface area contributed by atoms with Crippen molar-refractivity contribution in [3.63, 3.8) is 0 Å². The van der Waals surface area contributed by atoms with Crippen LogP contribution in [0.2, 0.25) is 0 Å². The third-order valence-corrected chi connectivity index (χ3v) is 5.43. The second-order valence-electron chi connectivity index (χ2n) is 7.31. The van der Waals surface area contributed by atoms with Crippen LogP contribution in [0.1, 0.15) is 47.9 Å². The number of Topliss-reactive ketones (excluding diaryl/α,β-unsaturated/α-hetero) is 1. The van der Waals surface area contributed by atoms with Crippen LogP contribution in [0, 0.1) is 11.8 Å². The van der Waals surface area contributed by atoms with Crippen molar-refractivity contribution in [1.82, 2.24) is 4.98 Å². The largest absolute Gasteiger partial charge is 0.449 e. The van der Waals surface area contributed by atoms with Crippen LogP contribution in [0.5, 0.6) is 0 Å². The number of fused-ring (bicyclic) bond motifs is 1. The summed E-state index contributed by atoms with van der Waals surface area (Å²) >= 11 is 0. The number of ketones is 1. The minimum Gasteiger partial charge on any atom is -0.449 e. The van der Waals surface area contributed by atoms with Gasteiger partial charge in [-0.15, -0.1) is 0 Å². The third kappa shape index (κ3) is 3.27. The highest BCUT2D eigenvalue weighted by Gasteiger charge is 2.42. The second kappa shape index (κ2) is 7.03. The van der Waals surface area contributed by atoms with E-state index in [1.54, 1.807) is 6.20 Å². The van der Waals surface area contributed by atoms with Gasteiger partial charge in [-0.1, -0.05) is 62.4 Å². The molecule has 4 nitrogen and oxygen atoms in total. The number of aryl methyl sites for hydroxylation is 1. The number of rotatable bonds is 6. The van der Waals surface area contributed by atoms with Crippen LogP contribution in [0.4, 0.5) is 0 Å². The molecular weight excluding hydrogens is 338 g/mol. The van der Waals surface area contributed by atoms with E-state index in [0.29, 0.717) is 17.0 Å². The number of para-hydroxylation sites is 1. The Bertz CT molecular complexity index is 989. The quantitative estimate of drug-likeness (QED) is 0.504. The van der Waals surface area contributed by atoms with Crippen molar-refractivity contribution >= 4 is 22.7 Å². The van der Waals surface area contributed by atoms with Crippen molar-refractivity contribution in [1.29, 1.82) is 0 Å². The maximum Gasteiger partial charge on any atom is 0.310 e. The van der Waals surface area contributed by atoms with E-state index < -0.39 is 6.10 Å². The smallest absolute Gasteiger partial charge is 0.310 e. The van der Waals surface area contributed by atoms with Gasteiger partial charge in [0.2, 0.25) is 5.78 Å². The van der Waals surface area contributed by atoms with Gasteiger partial charge in [-0.3, -0.25) is 9.59 Å². The summed E-state index contributed by atoms with van der Waals surface area (Å²) < 4.78 is 5.72. The van der Waals surface area contributed by atoms with Gasteiger partial charge in [0, 0.05) is 28.2 Å². The molecule has 0 amide bonds. The maximum atomic E-state index is 13.4. The van der Waals surface area contributed by atoms with E-state index in [0.717, 1.165) is 29.3 Å². The summed E-state index contributed by atoms with van der Waals surface area (Å²) in [7, 11) is 0. The summed E-state index contributed by atoms with van der Waals surface area (Å²) in [5.74, 6) is -0.218. The van der Waals surface area contributed by atoms with Crippen LogP contribution >= 0.6 is 0 Å². The van der Waals surface area contributed by atoms with E-state index >= 15 is 0 Å². The molecule has 0 radical (unpaired) electrons. The first-order valence-corrected chi connectivity index (χ1v) is 9.48. The zero-order chi connectivity index (χ0) is 19.0. The molecule has 138 valence electrons. The Labute approximate surface area is 158 Å². The molecule has 27 heavy (non-hydrogen) atoms. The minimum absolute atomic E-state index is 0.0846. The Morgan fingerprint density at radius 2 is 1.89 bits per heavy atom. The predicted molar refractivity (Wildman–Crippen MR) is 105 cm³/mol. The van der Waals surface area contributed by atoms with E-state index in [1.165, 1.54) is 0 Å². The van der Waals surface area contributed by atoms with Gasteiger partial charge in [0.1, 0.15) is 0 Å². The lowest BCUT2D eigenvalue weighted by Crippen LogP contribution is -2.21. The first-order chi connectivity index (χ1) is 13.1. The van der Waals surface area contributed by atoms with Crippen LogP contribution in [-0.4, -0.2) is 16.7 Å². The predicted octanol–water partition coefficient (Wildman–Crippen LogP) is 4.85. The lowest BCUT2D eigenvalue weighted by molar-refractivity contribution is -0.149. The number of ether oxygens (including phenoxy) is 1. The molecule has 0 unspecified atom stereocenters. The van der Waals surface area contributed by atoms with Crippen molar-refractivity contribution in [2.75, 3.05) is 0 Å². The molecule has 0 spiro atoms. The maximum absolute atomic E-state index is 13.4. The van der Waals surface area contributed by atoms with Gasteiger partial charge in [-0.2, -0.15) is 0 Å². The van der Waals surface area contributed by atoms with Crippen molar-refractivity contribution in [2.45, 2.75) is 32.8 Å². The first kappa shape index (κ1) is 17.5. The van der Waals surface area contributed by atoms with Crippen molar-refractivity contribution < 1.29 is 14.3 Å². The second-order valence-corrected chi connectivity index (χ2v) is 7.31. The first-order valence-electron chi connectivity index (χ1n) is 9.48. The molecule has 0 aliphatic heterocycles. The highest BCUT2D eigenvalue weighted by atomic mass is 16.5. The molecule has 0 saturated heterocycles. The molecule has 1 aliphatic carbocycles. The van der Waals surface area contributed by atoms with Gasteiger partial charge in [-0.05, 0) is 24.3 Å². The minimum atomic E-state index is -0.921. The van der Waals surface area contributed by atoms with E-state index in [9.17, 15) is 9.59 Å². The monoisotopic (exact) mass is 361 g/mol. The van der Waals surface area contributed by atoms with Crippen molar-refractivity contribution in [2.24, 2.45) is 11.8 Å². The fourth-order valence-electron chi connectivity index (χ4n) is 3.61. The lowest BCUT2D eigenvalue weighted by atomic mass is 9.98. The molecule has 1 N–H and O–H groups in total. The Hall–Kier alpha value is -2.88. The van der Waals surface area contributed by atoms with E-state index in [2.05, 4.69) is 18.0 Å². The van der Waals surface area contributed by atoms with Gasteiger partial charge in [0.05, 0.1) is 5.92 Å². The molecule has 4 rings (SSSR count). The normalized spacial score (nSPS) is 19.6. The molecule has 2 aromatic carbocycles. The summed E-state index contributed by atoms with van der Waals surface area (Å²) in [5, 5.41) is 0.871. The van der Waals surface area contributed by atoms with Crippen molar-refractivity contribution in [3.05, 3.63) is 71.4 Å². The molecule has 1 heterocycles. The standard InChI is InChI=1S/C23H23NO3/c1-3-15-10-7-11-17-19(13-24-20(15)17)21(25)22(16-8-5-4-6-9-16)27-23(26)18-12-14(18)2/h4-11,13-14,18,22,24H,3,12H2,1-2H3/t14-,18-,22+/m0/s1. The Balaban J connectivity index is 1.71. The van der Waals surface area contributed by atoms with Gasteiger partial charge in [0.15, 0.2) is 6.10 Å². The summed E-state index contributed by atoms with van der Waals surface area (Å²) in [6.07, 6.45) is 2.52. The summed E-state index contributed by atoms with van der Waals surface area (Å²) in [4.78, 5) is 29.1. The Kier molecular flexibility index (Phi) is 4.56. The molecule has 0 bridgehead atoms. The number of hydrogen-bond acceptors (Lipinski definition) is 3. The van der Waals surface area contributed by atoms with Crippen LogP contribution < -0.4 is 0 Å². The zero-order valence-corrected chi connectivity index (χ0v) is 15.6. The van der Waals surface area contributed by atoms with Gasteiger partial charge >= 0.3 is 5.97 Å². The molecule has 1 saturated carbocycles. The number of esters is 1. The Morgan fingerprint density at radius 3 is 2.56 bits per heavy atom. The van der Waals surface area contributed by atoms with E-state index in [1.807, 2.05) is 49.4 Å². The number of carbonyl (C=O) groups is 2. The van der Waals surface area contributed by atoms with Crippen molar-refractivity contribution in [3.8, 4) is 0 Å². The zero-order valence-electron chi connectivity index (χ0n) is 15.6. The summed E-state index contributed by atoms with van der Waals surface area (Å²) in [6, 6.07) is 15.2. The van der Waals surface area contributed by atoms with E-state index in [-0.39, 0.29) is 17.7 Å². The fourth-order valence-corrected chi connectivity index (χ4v) is 3.61. The average molecular weight is 361 g/mol. The number of H-pyrrole nitrogens is 1. The topological polar surface area (TPSA) is 59.2 Å². The van der Waals surface area contributed by atoms with Crippen LogP contribution in [0.3, 0.4) is 0 Å². The number of carbonyl (C=O) groups excluding carboxylic acids is 2. The molecule has 1 fully saturated rings. The number of benzene rings is 2. The summed E-state index contributed by atoms with van der Waals surface area (Å²) in [6.45, 7) is 4.11. The highest BCUT2D eigenvalue weighted by molar-refractivity contribution is 6.11. The van der Waals surface area contributed by atoms with Gasteiger partial charge in [0.25, 0.3) is 0 Å². The average Bonchev–Trinajstić information content (AvgIpc) is 3.27. The van der Waals surface area contributed by atoms with E-state index in [4.69, 9.17) is 4.74 Å². The van der Waals surface area contributed by atoms with Gasteiger partial charge in [-0.25, -0.2) is 0 Å². The highest BCUT2D eigenvalue weighted by Crippen LogP contribution is 2.40. The molecule has 3 aromatic rings. The molecule has 4 heteroatoms. The number of hydrogen-bond donors (Lipinski definition) is 1. The van der Waals surface area contributed by atoms with Gasteiger partial charge < -0.3 is 9.72 Å². The summed E-state index contributed by atoms with van der Waals surface area (Å²) in [5.41, 5.74) is 3.39. The number of aromatic amines is 1. The molecule has 3 atom stereocenters. The number of nitrogens with one attached hydrogen (secondary N) is 1. The fraction of sp³-hybridized carbons (Fsp3) is 0.304. The Morgan fingerprint density at radius 1 is 1.15 bits per heavy atom. The molecule has 1 aromatic heterocycles. The van der Waals surface area contributed by atoms with Crippen LogP contribution in [0.15, 0.2) is 54.7 Å². The van der Waals surface area contributed by atoms with Crippen LogP contribution in [-0.2, 0) is 16.0 Å². The van der Waals surface area contributed by atoms with Crippen LogP contribution in [0.25, 0.3) is 10.9 Å². The third-order valence-electron chi connectivity index (χ3n) is 5.43. The lowest BCUT2D eigenvalue weighted by Gasteiger charge is -2.17. The number of aromatic nitrogens is 1. The molecule has 1 aliphatic rings. The molecular formula is C23H23NO3. The SMILES string of the molecule is CCc1cccc2c(C(=O)[C@H](OC(=O)[C@H]3C[C@@H]3C)c3ccccc3)c[nH]c12.